The van der Waals surface area contributed by atoms with E-state index in [-0.39, 0.29) is 5.57 Å². The Morgan fingerprint density at radius 1 is 1.21 bits per heavy atom. The van der Waals surface area contributed by atoms with Gasteiger partial charge in [-0.05, 0) is 62.9 Å². The van der Waals surface area contributed by atoms with E-state index in [0.29, 0.717) is 17.2 Å². The molecule has 0 unspecified atom stereocenters. The molecule has 1 N–H and O–H groups in total. The predicted molar refractivity (Wildman–Crippen MR) is 126 cm³/mol. The van der Waals surface area contributed by atoms with Crippen LogP contribution >= 0.6 is 0 Å². The molecule has 4 rings (SSSR count). The number of carbonyl (C=O) groups excluding carboxylic acids is 2. The number of anilines is 1. The number of benzene rings is 1. The van der Waals surface area contributed by atoms with Crippen molar-refractivity contribution >= 4 is 23.6 Å². The Balaban J connectivity index is 1.35. The van der Waals surface area contributed by atoms with E-state index in [1.54, 1.807) is 18.2 Å². The fraction of sp³-hybridized carbons (Fsp3) is 0.423. The van der Waals surface area contributed by atoms with Crippen LogP contribution in [-0.4, -0.2) is 28.8 Å². The Morgan fingerprint density at radius 3 is 2.65 bits per heavy atom. The van der Waals surface area contributed by atoms with Gasteiger partial charge in [0.1, 0.15) is 11.6 Å². The molecule has 1 aliphatic heterocycles. The third-order valence-corrected chi connectivity index (χ3v) is 6.22. The van der Waals surface area contributed by atoms with Gasteiger partial charge >= 0.3 is 5.97 Å². The third kappa shape index (κ3) is 4.79. The van der Waals surface area contributed by atoms with E-state index < -0.39 is 24.3 Å². The Bertz CT molecular complexity index is 1180. The molecule has 1 aliphatic carbocycles. The Kier molecular flexibility index (Phi) is 6.64. The maximum absolute atomic E-state index is 12.4. The van der Waals surface area contributed by atoms with Crippen LogP contribution < -0.4 is 14.8 Å². The summed E-state index contributed by atoms with van der Waals surface area (Å²) in [4.78, 5) is 24.8. The lowest BCUT2D eigenvalue weighted by Gasteiger charge is -2.21. The molecule has 1 amide bonds. The number of amides is 1. The number of aryl methyl sites for hydroxylation is 1. The normalized spacial score (nSPS) is 15.9. The van der Waals surface area contributed by atoms with Crippen LogP contribution in [0.15, 0.2) is 29.8 Å². The monoisotopic (exact) mass is 463 g/mol. The molecule has 34 heavy (non-hydrogen) atoms. The summed E-state index contributed by atoms with van der Waals surface area (Å²) < 4.78 is 19.2. The van der Waals surface area contributed by atoms with E-state index in [1.807, 2.05) is 26.0 Å². The van der Waals surface area contributed by atoms with Crippen molar-refractivity contribution in [2.24, 2.45) is 0 Å². The zero-order chi connectivity index (χ0) is 24.3. The number of carbonyl (C=O) groups is 2. The molecule has 1 aromatic carbocycles. The van der Waals surface area contributed by atoms with E-state index in [0.717, 1.165) is 55.6 Å². The maximum Gasteiger partial charge on any atom is 0.349 e. The zero-order valence-electron chi connectivity index (χ0n) is 19.8. The van der Waals surface area contributed by atoms with E-state index in [9.17, 15) is 14.9 Å². The van der Waals surface area contributed by atoms with Crippen LogP contribution in [0.2, 0.25) is 0 Å². The van der Waals surface area contributed by atoms with Gasteiger partial charge in [-0.2, -0.15) is 5.26 Å². The summed E-state index contributed by atoms with van der Waals surface area (Å²) in [7, 11) is 0. The second kappa shape index (κ2) is 9.64. The van der Waals surface area contributed by atoms with Crippen LogP contribution in [0.5, 0.6) is 11.5 Å². The first-order chi connectivity index (χ1) is 16.3. The highest BCUT2D eigenvalue weighted by molar-refractivity contribution is 6.00. The number of nitrogens with one attached hydrogen (secondary N) is 1. The van der Waals surface area contributed by atoms with Gasteiger partial charge in [-0.1, -0.05) is 6.92 Å². The number of fused-ring (bicyclic) bond motifs is 1. The van der Waals surface area contributed by atoms with Gasteiger partial charge in [0.2, 0.25) is 0 Å². The molecule has 8 heteroatoms. The molecule has 1 saturated carbocycles. The molecule has 1 aromatic heterocycles. The Hall–Kier alpha value is -3.73. The molecule has 2 aliphatic rings. The van der Waals surface area contributed by atoms with E-state index in [4.69, 9.17) is 14.2 Å². The molecule has 2 aromatic rings. The van der Waals surface area contributed by atoms with Crippen LogP contribution in [0.4, 0.5) is 5.69 Å². The van der Waals surface area contributed by atoms with Crippen molar-refractivity contribution in [3.05, 3.63) is 46.8 Å². The molecule has 1 spiro atoms. The highest BCUT2D eigenvalue weighted by Crippen LogP contribution is 2.47. The minimum Gasteiger partial charge on any atom is -0.451 e. The third-order valence-electron chi connectivity index (χ3n) is 6.22. The number of hydrogen-bond acceptors (Lipinski definition) is 6. The Morgan fingerprint density at radius 2 is 1.94 bits per heavy atom. The highest BCUT2D eigenvalue weighted by atomic mass is 16.7. The molecule has 0 atom stereocenters. The summed E-state index contributed by atoms with van der Waals surface area (Å²) in [6.45, 7) is 6.37. The second-order valence-corrected chi connectivity index (χ2v) is 8.76. The topological polar surface area (TPSA) is 103 Å². The number of nitrogens with zero attached hydrogens (tertiary/aromatic N) is 2. The quantitative estimate of drug-likeness (QED) is 0.364. The zero-order valence-corrected chi connectivity index (χ0v) is 19.8. The van der Waals surface area contributed by atoms with Gasteiger partial charge in [0.15, 0.2) is 18.1 Å². The van der Waals surface area contributed by atoms with Crippen molar-refractivity contribution in [1.29, 1.82) is 5.26 Å². The average molecular weight is 464 g/mol. The van der Waals surface area contributed by atoms with E-state index >= 15 is 0 Å². The molecule has 8 nitrogen and oxygen atoms in total. The van der Waals surface area contributed by atoms with E-state index in [1.165, 1.54) is 6.08 Å². The van der Waals surface area contributed by atoms with Crippen LogP contribution in [-0.2, 0) is 20.9 Å². The maximum atomic E-state index is 12.4. The molecule has 1 fully saturated rings. The molecular formula is C26H29N3O5. The molecule has 2 heterocycles. The van der Waals surface area contributed by atoms with Crippen LogP contribution in [0.3, 0.4) is 0 Å². The number of hydrogen-bond donors (Lipinski definition) is 1. The lowest BCUT2D eigenvalue weighted by Crippen LogP contribution is -2.34. The number of esters is 1. The van der Waals surface area contributed by atoms with Gasteiger partial charge in [-0.15, -0.1) is 0 Å². The van der Waals surface area contributed by atoms with Crippen LogP contribution in [0.25, 0.3) is 6.08 Å². The van der Waals surface area contributed by atoms with Gasteiger partial charge in [0.25, 0.3) is 11.7 Å². The number of nitriles is 1. The average Bonchev–Trinajstić information content (AvgIpc) is 3.49. The fourth-order valence-corrected chi connectivity index (χ4v) is 4.53. The lowest BCUT2D eigenvalue weighted by atomic mass is 10.1. The highest BCUT2D eigenvalue weighted by Gasteiger charge is 2.44. The Labute approximate surface area is 199 Å². The molecule has 0 saturated heterocycles. The minimum atomic E-state index is -0.841. The molecule has 0 radical (unpaired) electrons. The van der Waals surface area contributed by atoms with Gasteiger partial charge in [-0.3, -0.25) is 4.79 Å². The summed E-state index contributed by atoms with van der Waals surface area (Å²) >= 11 is 0. The summed E-state index contributed by atoms with van der Waals surface area (Å²) in [6.07, 6.45) is 6.29. The summed E-state index contributed by atoms with van der Waals surface area (Å²) in [5.74, 6) is -0.678. The van der Waals surface area contributed by atoms with Gasteiger partial charge in [0, 0.05) is 42.5 Å². The largest absolute Gasteiger partial charge is 0.451 e. The summed E-state index contributed by atoms with van der Waals surface area (Å²) in [5.41, 5.74) is 3.16. The first-order valence-corrected chi connectivity index (χ1v) is 11.6. The summed E-state index contributed by atoms with van der Waals surface area (Å²) in [5, 5.41) is 12.1. The smallest absolute Gasteiger partial charge is 0.349 e. The van der Waals surface area contributed by atoms with Crippen molar-refractivity contribution in [2.75, 3.05) is 11.9 Å². The predicted octanol–water partition coefficient (Wildman–Crippen LogP) is 4.65. The van der Waals surface area contributed by atoms with Crippen molar-refractivity contribution in [1.82, 2.24) is 4.57 Å². The van der Waals surface area contributed by atoms with Gasteiger partial charge in [0.05, 0.1) is 0 Å². The van der Waals surface area contributed by atoms with Crippen molar-refractivity contribution in [3.8, 4) is 17.6 Å². The standard InChI is InChI=1S/C26H29N3O5/c1-4-11-29-17(2)12-19(18(29)3)13-20(15-27)25(31)32-16-24(30)28-21-7-8-22-23(14-21)34-26(33-22)9-5-6-10-26/h7-8,12-14H,4-6,9-11,16H2,1-3H3,(H,28,30). The molecule has 178 valence electrons. The van der Waals surface area contributed by atoms with Crippen LogP contribution in [0.1, 0.15) is 56.0 Å². The van der Waals surface area contributed by atoms with E-state index in [2.05, 4.69) is 16.8 Å². The van der Waals surface area contributed by atoms with Gasteiger partial charge in [-0.25, -0.2) is 4.79 Å². The number of aromatic nitrogens is 1. The van der Waals surface area contributed by atoms with Crippen molar-refractivity contribution in [2.45, 2.75) is 65.2 Å². The second-order valence-electron chi connectivity index (χ2n) is 8.76. The molecular weight excluding hydrogens is 434 g/mol. The van der Waals surface area contributed by atoms with Gasteiger partial charge < -0.3 is 24.1 Å². The number of ether oxygens (including phenoxy) is 3. The molecule has 0 bridgehead atoms. The first-order valence-electron chi connectivity index (χ1n) is 11.6. The first kappa shape index (κ1) is 23.4. The van der Waals surface area contributed by atoms with Crippen LogP contribution in [0, 0.1) is 25.2 Å². The number of rotatable bonds is 7. The van der Waals surface area contributed by atoms with Crippen molar-refractivity contribution in [3.63, 3.8) is 0 Å². The minimum absolute atomic E-state index is 0.158. The fourth-order valence-electron chi connectivity index (χ4n) is 4.53. The van der Waals surface area contributed by atoms with Crippen molar-refractivity contribution < 1.29 is 23.8 Å². The SMILES string of the molecule is CCCn1c(C)cc(C=C(C#N)C(=O)OCC(=O)Nc2ccc3c(c2)OC2(CCCC2)O3)c1C. The lowest BCUT2D eigenvalue weighted by molar-refractivity contribution is -0.142. The summed E-state index contributed by atoms with van der Waals surface area (Å²) in [6, 6.07) is 8.98.